The van der Waals surface area contributed by atoms with Crippen molar-refractivity contribution >= 4 is 45.3 Å². The summed E-state index contributed by atoms with van der Waals surface area (Å²) in [5, 5.41) is 22.6. The topological polar surface area (TPSA) is 132 Å². The maximum absolute atomic E-state index is 12.4. The molecular formula is C20H16BrN3O6. The number of amides is 1. The van der Waals surface area contributed by atoms with Crippen LogP contribution in [0.4, 0.5) is 11.4 Å². The fourth-order valence-electron chi connectivity index (χ4n) is 2.36. The summed E-state index contributed by atoms with van der Waals surface area (Å²) in [4.78, 5) is 33.9. The van der Waals surface area contributed by atoms with Gasteiger partial charge in [0.2, 0.25) is 0 Å². The summed E-state index contributed by atoms with van der Waals surface area (Å²) in [6.07, 6.45) is 1.34. The lowest BCUT2D eigenvalue weighted by Crippen LogP contribution is -2.13. The molecule has 0 saturated carbocycles. The predicted octanol–water partition coefficient (Wildman–Crippen LogP) is 4.23. The molecule has 2 rings (SSSR count). The first-order chi connectivity index (χ1) is 14.2. The highest BCUT2D eigenvalue weighted by molar-refractivity contribution is 9.10. The van der Waals surface area contributed by atoms with E-state index < -0.39 is 16.8 Å². The highest BCUT2D eigenvalue weighted by Gasteiger charge is 2.16. The van der Waals surface area contributed by atoms with Crippen LogP contribution in [0.1, 0.15) is 19.4 Å². The zero-order chi connectivity index (χ0) is 22.3. The molecule has 30 heavy (non-hydrogen) atoms. The number of nitro groups is 1. The third kappa shape index (κ3) is 5.89. The molecule has 154 valence electrons. The molecule has 0 aliphatic carbocycles. The number of nitrogens with zero attached hydrogens (tertiary/aromatic N) is 2. The normalized spacial score (nSPS) is 10.7. The molecule has 0 unspecified atom stereocenters. The number of carbonyl (C=O) groups excluding carboxylic acids is 2. The number of benzene rings is 2. The van der Waals surface area contributed by atoms with E-state index in [-0.39, 0.29) is 22.8 Å². The number of halogens is 1. The third-order valence-corrected chi connectivity index (χ3v) is 4.18. The SMILES string of the molecule is CCOc1cc(/C=C(\C#N)C(=O)Nc2ccc([N+](=O)[O-])cc2)cc(Br)c1OC(C)=O. The minimum Gasteiger partial charge on any atom is -0.490 e. The summed E-state index contributed by atoms with van der Waals surface area (Å²) < 4.78 is 11.0. The van der Waals surface area contributed by atoms with Crippen LogP contribution in [0.25, 0.3) is 6.08 Å². The minimum atomic E-state index is -0.690. The molecule has 0 aliphatic heterocycles. The standard InChI is InChI=1S/C20H16BrN3O6/c1-3-29-18-10-13(9-17(21)19(18)30-12(2)25)8-14(11-22)20(26)23-15-4-6-16(7-5-15)24(27)28/h4-10H,3H2,1-2H3,(H,23,26)/b14-8+. The second-order valence-electron chi connectivity index (χ2n) is 5.78. The number of anilines is 1. The maximum Gasteiger partial charge on any atom is 0.308 e. The summed E-state index contributed by atoms with van der Waals surface area (Å²) in [7, 11) is 0. The summed E-state index contributed by atoms with van der Waals surface area (Å²) in [5.74, 6) is -0.763. The molecule has 0 bridgehead atoms. The van der Waals surface area contributed by atoms with Gasteiger partial charge in [-0.15, -0.1) is 0 Å². The van der Waals surface area contributed by atoms with Gasteiger partial charge in [0.1, 0.15) is 11.6 Å². The average molecular weight is 474 g/mol. The van der Waals surface area contributed by atoms with Gasteiger partial charge >= 0.3 is 5.97 Å². The van der Waals surface area contributed by atoms with Crippen LogP contribution < -0.4 is 14.8 Å². The van der Waals surface area contributed by atoms with Crippen LogP contribution in [0.2, 0.25) is 0 Å². The number of rotatable bonds is 7. The van der Waals surface area contributed by atoms with Crippen LogP contribution in [0.15, 0.2) is 46.4 Å². The fraction of sp³-hybridized carbons (Fsp3) is 0.150. The van der Waals surface area contributed by atoms with Crippen molar-refractivity contribution in [3.05, 3.63) is 62.1 Å². The zero-order valence-corrected chi connectivity index (χ0v) is 17.6. The molecule has 0 atom stereocenters. The average Bonchev–Trinajstić information content (AvgIpc) is 2.69. The third-order valence-electron chi connectivity index (χ3n) is 3.59. The first-order valence-corrected chi connectivity index (χ1v) is 9.36. The van der Waals surface area contributed by atoms with Gasteiger partial charge in [-0.1, -0.05) is 0 Å². The van der Waals surface area contributed by atoms with E-state index in [1.54, 1.807) is 13.0 Å². The largest absolute Gasteiger partial charge is 0.490 e. The van der Waals surface area contributed by atoms with E-state index >= 15 is 0 Å². The van der Waals surface area contributed by atoms with Crippen molar-refractivity contribution in [1.29, 1.82) is 5.26 Å². The zero-order valence-electron chi connectivity index (χ0n) is 16.0. The second-order valence-corrected chi connectivity index (χ2v) is 6.64. The molecule has 0 aromatic heterocycles. The number of nitriles is 1. The summed E-state index contributed by atoms with van der Waals surface area (Å²) in [6.45, 7) is 3.32. The lowest BCUT2D eigenvalue weighted by molar-refractivity contribution is -0.384. The number of ether oxygens (including phenoxy) is 2. The Bertz CT molecular complexity index is 1060. The highest BCUT2D eigenvalue weighted by atomic mass is 79.9. The Balaban J connectivity index is 2.31. The van der Waals surface area contributed by atoms with Gasteiger partial charge in [0.05, 0.1) is 16.0 Å². The van der Waals surface area contributed by atoms with E-state index in [9.17, 15) is 25.0 Å². The summed E-state index contributed by atoms with van der Waals surface area (Å²) in [6, 6.07) is 10.1. The predicted molar refractivity (Wildman–Crippen MR) is 112 cm³/mol. The van der Waals surface area contributed by atoms with Gasteiger partial charge in [-0.2, -0.15) is 5.26 Å². The Morgan fingerprint density at radius 3 is 2.50 bits per heavy atom. The van der Waals surface area contributed by atoms with Crippen molar-refractivity contribution in [1.82, 2.24) is 0 Å². The van der Waals surface area contributed by atoms with Crippen LogP contribution >= 0.6 is 15.9 Å². The van der Waals surface area contributed by atoms with Crippen LogP contribution in [0.3, 0.4) is 0 Å². The molecule has 0 saturated heterocycles. The lowest BCUT2D eigenvalue weighted by Gasteiger charge is -2.12. The molecule has 0 heterocycles. The Morgan fingerprint density at radius 1 is 1.30 bits per heavy atom. The van der Waals surface area contributed by atoms with Crippen LogP contribution in [-0.2, 0) is 9.59 Å². The highest BCUT2D eigenvalue weighted by Crippen LogP contribution is 2.37. The van der Waals surface area contributed by atoms with Crippen LogP contribution in [-0.4, -0.2) is 23.4 Å². The van der Waals surface area contributed by atoms with E-state index in [1.165, 1.54) is 43.3 Å². The number of non-ortho nitro benzene ring substituents is 1. The van der Waals surface area contributed by atoms with E-state index in [1.807, 2.05) is 6.07 Å². The molecule has 2 aromatic rings. The van der Waals surface area contributed by atoms with Gasteiger partial charge in [0.25, 0.3) is 11.6 Å². The molecule has 10 heteroatoms. The minimum absolute atomic E-state index is 0.120. The Morgan fingerprint density at radius 2 is 1.97 bits per heavy atom. The first-order valence-electron chi connectivity index (χ1n) is 8.57. The Hall–Kier alpha value is -3.71. The number of nitrogens with one attached hydrogen (secondary N) is 1. The number of carbonyl (C=O) groups is 2. The van der Waals surface area contributed by atoms with Crippen LogP contribution in [0, 0.1) is 21.4 Å². The molecule has 1 amide bonds. The molecule has 0 fully saturated rings. The number of hydrogen-bond donors (Lipinski definition) is 1. The molecule has 1 N–H and O–H groups in total. The van der Waals surface area contributed by atoms with Gasteiger partial charge in [-0.05, 0) is 58.8 Å². The van der Waals surface area contributed by atoms with Crippen molar-refractivity contribution < 1.29 is 24.0 Å². The molecule has 0 spiro atoms. The van der Waals surface area contributed by atoms with Crippen molar-refractivity contribution in [3.63, 3.8) is 0 Å². The monoisotopic (exact) mass is 473 g/mol. The quantitative estimate of drug-likeness (QED) is 0.159. The fourth-order valence-corrected chi connectivity index (χ4v) is 2.90. The summed E-state index contributed by atoms with van der Waals surface area (Å²) >= 11 is 3.29. The van der Waals surface area contributed by atoms with Crippen molar-refractivity contribution in [2.75, 3.05) is 11.9 Å². The van der Waals surface area contributed by atoms with Crippen molar-refractivity contribution in [3.8, 4) is 17.6 Å². The second kappa shape index (κ2) is 10.2. The Kier molecular flexibility index (Phi) is 7.66. The van der Waals surface area contributed by atoms with Gasteiger partial charge in [0.15, 0.2) is 11.5 Å². The van der Waals surface area contributed by atoms with E-state index in [4.69, 9.17) is 9.47 Å². The number of hydrogen-bond acceptors (Lipinski definition) is 7. The number of esters is 1. The van der Waals surface area contributed by atoms with Crippen LogP contribution in [0.5, 0.6) is 11.5 Å². The molecule has 0 radical (unpaired) electrons. The van der Waals surface area contributed by atoms with Crippen molar-refractivity contribution in [2.45, 2.75) is 13.8 Å². The molecule has 0 aliphatic rings. The smallest absolute Gasteiger partial charge is 0.308 e. The van der Waals surface area contributed by atoms with E-state index in [0.29, 0.717) is 22.3 Å². The van der Waals surface area contributed by atoms with E-state index in [2.05, 4.69) is 21.2 Å². The first kappa shape index (κ1) is 22.6. The Labute approximate surface area is 180 Å². The molecular weight excluding hydrogens is 458 g/mol. The van der Waals surface area contributed by atoms with Gasteiger partial charge < -0.3 is 14.8 Å². The molecule has 2 aromatic carbocycles. The van der Waals surface area contributed by atoms with Gasteiger partial charge in [-0.25, -0.2) is 0 Å². The van der Waals surface area contributed by atoms with Gasteiger partial charge in [0, 0.05) is 24.7 Å². The number of nitro benzene ring substituents is 1. The molecule has 9 nitrogen and oxygen atoms in total. The summed E-state index contributed by atoms with van der Waals surface area (Å²) in [5.41, 5.74) is 0.429. The lowest BCUT2D eigenvalue weighted by atomic mass is 10.1. The maximum atomic E-state index is 12.4. The van der Waals surface area contributed by atoms with Gasteiger partial charge in [-0.3, -0.25) is 19.7 Å². The van der Waals surface area contributed by atoms with Crippen molar-refractivity contribution in [2.24, 2.45) is 0 Å². The van der Waals surface area contributed by atoms with E-state index in [0.717, 1.165) is 0 Å².